The molecule has 1 N–H and O–H groups in total. The van der Waals surface area contributed by atoms with Crippen LogP contribution in [-0.2, 0) is 10.2 Å². The molecule has 15 heavy (non-hydrogen) atoms. The summed E-state index contributed by atoms with van der Waals surface area (Å²) < 4.78 is 0. The second-order valence-electron chi connectivity index (χ2n) is 4.78. The number of hydrogen-bond acceptors (Lipinski definition) is 2. The van der Waals surface area contributed by atoms with Crippen LogP contribution in [0.3, 0.4) is 0 Å². The molecule has 1 aliphatic heterocycles. The van der Waals surface area contributed by atoms with Gasteiger partial charge in [-0.15, -0.1) is 0 Å². The number of aromatic nitrogens is 1. The molecule has 1 atom stereocenters. The molecule has 3 heteroatoms. The Balaban J connectivity index is 2.44. The molecular weight excluding hydrogens is 188 g/mol. The van der Waals surface area contributed by atoms with Crippen LogP contribution in [-0.4, -0.2) is 10.9 Å². The zero-order valence-corrected chi connectivity index (χ0v) is 9.37. The molecule has 1 aliphatic rings. The van der Waals surface area contributed by atoms with Gasteiger partial charge >= 0.3 is 0 Å². The lowest BCUT2D eigenvalue weighted by atomic mass is 9.78. The molecule has 0 aromatic carbocycles. The van der Waals surface area contributed by atoms with Crippen LogP contribution in [0.4, 0.5) is 5.82 Å². The summed E-state index contributed by atoms with van der Waals surface area (Å²) in [5, 5.41) is 2.84. The fraction of sp³-hybridized carbons (Fsp3) is 0.500. The zero-order valence-electron chi connectivity index (χ0n) is 9.37. The molecule has 2 heterocycles. The maximum atomic E-state index is 11.9. The van der Waals surface area contributed by atoms with E-state index in [9.17, 15) is 4.79 Å². The van der Waals surface area contributed by atoms with E-state index in [2.05, 4.69) is 24.1 Å². The van der Waals surface area contributed by atoms with E-state index < -0.39 is 5.41 Å². The second-order valence-corrected chi connectivity index (χ2v) is 4.78. The first-order valence-corrected chi connectivity index (χ1v) is 5.31. The van der Waals surface area contributed by atoms with Crippen LogP contribution in [0.2, 0.25) is 0 Å². The maximum absolute atomic E-state index is 11.9. The molecule has 1 aromatic heterocycles. The second kappa shape index (κ2) is 3.33. The van der Waals surface area contributed by atoms with E-state index in [0.717, 1.165) is 17.8 Å². The van der Waals surface area contributed by atoms with Gasteiger partial charge in [-0.05, 0) is 25.3 Å². The number of carbonyl (C=O) groups excluding carboxylic acids is 1. The molecule has 0 spiro atoms. The minimum absolute atomic E-state index is 0.0740. The van der Waals surface area contributed by atoms with Crippen molar-refractivity contribution in [3.05, 3.63) is 23.9 Å². The highest BCUT2D eigenvalue weighted by Crippen LogP contribution is 2.40. The van der Waals surface area contributed by atoms with E-state index in [0.29, 0.717) is 5.92 Å². The first kappa shape index (κ1) is 10.1. The summed E-state index contributed by atoms with van der Waals surface area (Å²) in [6, 6.07) is 3.88. The van der Waals surface area contributed by atoms with Crippen molar-refractivity contribution in [1.29, 1.82) is 0 Å². The Morgan fingerprint density at radius 2 is 2.27 bits per heavy atom. The third kappa shape index (κ3) is 1.52. The highest BCUT2D eigenvalue weighted by atomic mass is 16.2. The van der Waals surface area contributed by atoms with Crippen molar-refractivity contribution in [2.75, 3.05) is 5.32 Å². The number of nitrogens with zero attached hydrogens (tertiary/aromatic N) is 1. The predicted molar refractivity (Wildman–Crippen MR) is 59.7 cm³/mol. The van der Waals surface area contributed by atoms with E-state index in [-0.39, 0.29) is 5.91 Å². The number of anilines is 1. The fourth-order valence-corrected chi connectivity index (χ4v) is 2.34. The van der Waals surface area contributed by atoms with Crippen LogP contribution in [0, 0.1) is 5.92 Å². The Bertz CT molecular complexity index is 400. The Morgan fingerprint density at radius 3 is 2.93 bits per heavy atom. The molecule has 0 bridgehead atoms. The molecule has 2 rings (SSSR count). The zero-order chi connectivity index (χ0) is 11.1. The van der Waals surface area contributed by atoms with E-state index in [1.54, 1.807) is 6.20 Å². The first-order chi connectivity index (χ1) is 7.04. The fourth-order valence-electron chi connectivity index (χ4n) is 2.34. The number of nitrogens with one attached hydrogen (secondary N) is 1. The van der Waals surface area contributed by atoms with Crippen LogP contribution in [0.5, 0.6) is 0 Å². The maximum Gasteiger partial charge on any atom is 0.236 e. The topological polar surface area (TPSA) is 42.0 Å². The van der Waals surface area contributed by atoms with Gasteiger partial charge in [0.15, 0.2) is 0 Å². The number of amides is 1. The van der Waals surface area contributed by atoms with Gasteiger partial charge in [-0.2, -0.15) is 0 Å². The van der Waals surface area contributed by atoms with Gasteiger partial charge in [0.2, 0.25) is 5.91 Å². The molecule has 1 unspecified atom stereocenters. The van der Waals surface area contributed by atoms with Gasteiger partial charge in [-0.25, -0.2) is 4.98 Å². The average Bonchev–Trinajstić information content (AvgIpc) is 2.39. The molecule has 80 valence electrons. The minimum atomic E-state index is -0.405. The molecule has 0 saturated carbocycles. The standard InChI is InChI=1S/C12H16N2O/c1-8(2)7-12(3)9-5-4-6-13-10(9)14-11(12)15/h4-6,8H,7H2,1-3H3,(H,13,14,15). The first-order valence-electron chi connectivity index (χ1n) is 5.31. The lowest BCUT2D eigenvalue weighted by Gasteiger charge is -2.23. The van der Waals surface area contributed by atoms with E-state index in [4.69, 9.17) is 0 Å². The molecule has 0 radical (unpaired) electrons. The normalized spacial score (nSPS) is 24.1. The summed E-state index contributed by atoms with van der Waals surface area (Å²) in [6.07, 6.45) is 2.57. The molecule has 0 aliphatic carbocycles. The monoisotopic (exact) mass is 204 g/mol. The van der Waals surface area contributed by atoms with Gasteiger partial charge in [0, 0.05) is 11.8 Å². The van der Waals surface area contributed by atoms with Crippen LogP contribution < -0.4 is 5.32 Å². The third-order valence-electron chi connectivity index (χ3n) is 2.95. The van der Waals surface area contributed by atoms with Crippen LogP contribution in [0.15, 0.2) is 18.3 Å². The van der Waals surface area contributed by atoms with E-state index >= 15 is 0 Å². The summed E-state index contributed by atoms with van der Waals surface area (Å²) in [4.78, 5) is 16.1. The van der Waals surface area contributed by atoms with Crippen LogP contribution >= 0.6 is 0 Å². The Labute approximate surface area is 89.9 Å². The van der Waals surface area contributed by atoms with Crippen molar-refractivity contribution in [2.24, 2.45) is 5.92 Å². The largest absolute Gasteiger partial charge is 0.310 e. The Morgan fingerprint density at radius 1 is 1.53 bits per heavy atom. The lowest BCUT2D eigenvalue weighted by Crippen LogP contribution is -2.32. The van der Waals surface area contributed by atoms with Crippen molar-refractivity contribution < 1.29 is 4.79 Å². The summed E-state index contributed by atoms with van der Waals surface area (Å²) in [7, 11) is 0. The number of pyridine rings is 1. The van der Waals surface area contributed by atoms with Crippen molar-refractivity contribution >= 4 is 11.7 Å². The van der Waals surface area contributed by atoms with Crippen molar-refractivity contribution in [3.63, 3.8) is 0 Å². The van der Waals surface area contributed by atoms with E-state index in [1.165, 1.54) is 0 Å². The molecule has 1 amide bonds. The summed E-state index contributed by atoms with van der Waals surface area (Å²) in [6.45, 7) is 6.26. The number of hydrogen-bond donors (Lipinski definition) is 1. The highest BCUT2D eigenvalue weighted by molar-refractivity contribution is 6.04. The van der Waals surface area contributed by atoms with Gasteiger partial charge in [0.05, 0.1) is 5.41 Å². The predicted octanol–water partition coefficient (Wildman–Crippen LogP) is 2.34. The van der Waals surface area contributed by atoms with Gasteiger partial charge in [-0.3, -0.25) is 4.79 Å². The molecule has 1 aromatic rings. The van der Waals surface area contributed by atoms with Crippen molar-refractivity contribution in [3.8, 4) is 0 Å². The molecular formula is C12H16N2O. The minimum Gasteiger partial charge on any atom is -0.310 e. The lowest BCUT2D eigenvalue weighted by molar-refractivity contribution is -0.120. The van der Waals surface area contributed by atoms with Gasteiger partial charge in [0.25, 0.3) is 0 Å². The van der Waals surface area contributed by atoms with Gasteiger partial charge < -0.3 is 5.32 Å². The summed E-state index contributed by atoms with van der Waals surface area (Å²) in [5.41, 5.74) is 0.626. The Hall–Kier alpha value is -1.38. The molecule has 0 saturated heterocycles. The number of rotatable bonds is 2. The van der Waals surface area contributed by atoms with E-state index in [1.807, 2.05) is 19.1 Å². The van der Waals surface area contributed by atoms with Crippen LogP contribution in [0.1, 0.15) is 32.8 Å². The third-order valence-corrected chi connectivity index (χ3v) is 2.95. The molecule has 3 nitrogen and oxygen atoms in total. The Kier molecular flexibility index (Phi) is 2.25. The van der Waals surface area contributed by atoms with Gasteiger partial charge in [0.1, 0.15) is 5.82 Å². The quantitative estimate of drug-likeness (QED) is 0.803. The van der Waals surface area contributed by atoms with Crippen molar-refractivity contribution in [2.45, 2.75) is 32.6 Å². The highest BCUT2D eigenvalue weighted by Gasteiger charge is 2.43. The van der Waals surface area contributed by atoms with Gasteiger partial charge in [-0.1, -0.05) is 19.9 Å². The van der Waals surface area contributed by atoms with Crippen molar-refractivity contribution in [1.82, 2.24) is 4.98 Å². The SMILES string of the molecule is CC(C)CC1(C)C(=O)Nc2ncccc21. The smallest absolute Gasteiger partial charge is 0.236 e. The van der Waals surface area contributed by atoms with Crippen LogP contribution in [0.25, 0.3) is 0 Å². The number of fused-ring (bicyclic) bond motifs is 1. The summed E-state index contributed by atoms with van der Waals surface area (Å²) in [5.74, 6) is 1.29. The summed E-state index contributed by atoms with van der Waals surface area (Å²) >= 11 is 0. The molecule has 0 fully saturated rings. The number of carbonyl (C=O) groups is 1. The average molecular weight is 204 g/mol.